The molecule has 0 radical (unpaired) electrons. The molecule has 31 heavy (non-hydrogen) atoms. The maximum Gasteiger partial charge on any atom is 0.0987 e. The van der Waals surface area contributed by atoms with Crippen LogP contribution >= 0.6 is 0 Å². The zero-order chi connectivity index (χ0) is 22.4. The van der Waals surface area contributed by atoms with E-state index in [0.717, 1.165) is 44.5 Å². The molecule has 2 heterocycles. The van der Waals surface area contributed by atoms with Crippen molar-refractivity contribution in [2.45, 2.75) is 58.6 Å². The van der Waals surface area contributed by atoms with Gasteiger partial charge in [0.25, 0.3) is 0 Å². The van der Waals surface area contributed by atoms with Gasteiger partial charge in [0.1, 0.15) is 0 Å². The Morgan fingerprint density at radius 2 is 1.77 bits per heavy atom. The van der Waals surface area contributed by atoms with Crippen molar-refractivity contribution in [3.63, 3.8) is 0 Å². The third-order valence-electron chi connectivity index (χ3n) is 7.29. The van der Waals surface area contributed by atoms with Crippen LogP contribution in [0.15, 0.2) is 66.4 Å². The molecular weight excluding hydrogens is 380 g/mol. The molecule has 1 aromatic carbocycles. The number of hydrogen-bond donors (Lipinski definition) is 1. The molecule has 0 amide bonds. The number of hydrogen-bond acceptors (Lipinski definition) is 3. The second kappa shape index (κ2) is 10.7. The van der Waals surface area contributed by atoms with Crippen molar-refractivity contribution in [3.8, 4) is 0 Å². The zero-order valence-corrected chi connectivity index (χ0v) is 20.2. The van der Waals surface area contributed by atoms with Crippen molar-refractivity contribution in [2.24, 2.45) is 17.8 Å². The van der Waals surface area contributed by atoms with Gasteiger partial charge in [0, 0.05) is 25.6 Å². The van der Waals surface area contributed by atoms with Gasteiger partial charge < -0.3 is 10.0 Å². The van der Waals surface area contributed by atoms with E-state index in [1.165, 1.54) is 5.57 Å². The monoisotopic (exact) mass is 422 g/mol. The van der Waals surface area contributed by atoms with E-state index in [1.807, 2.05) is 6.07 Å². The van der Waals surface area contributed by atoms with Crippen LogP contribution in [0.25, 0.3) is 0 Å². The molecular formula is C28H42N2O. The Balaban J connectivity index is 1.78. The number of rotatable bonds is 8. The van der Waals surface area contributed by atoms with E-state index in [9.17, 15) is 5.11 Å². The van der Waals surface area contributed by atoms with Crippen LogP contribution in [0, 0.1) is 17.8 Å². The molecule has 3 nitrogen and oxygen atoms in total. The summed E-state index contributed by atoms with van der Waals surface area (Å²) >= 11 is 0. The number of piperidine rings is 1. The minimum Gasteiger partial charge on any atom is -0.384 e. The summed E-state index contributed by atoms with van der Waals surface area (Å²) in [5.41, 5.74) is 1.67. The molecule has 1 N–H and O–H groups in total. The van der Waals surface area contributed by atoms with Crippen LogP contribution in [-0.2, 0) is 5.60 Å². The van der Waals surface area contributed by atoms with Crippen LogP contribution in [0.4, 0.5) is 0 Å². The first-order valence-corrected chi connectivity index (χ1v) is 12.1. The molecule has 1 aromatic rings. The SMILES string of the molecule is CCC(/C=C\C(C)C)C(O)(c1ccccc1)C1CCN(C(C)C2=CCN(C)C=C2)CC1. The zero-order valence-electron chi connectivity index (χ0n) is 20.2. The fraction of sp³-hybridized carbons (Fsp3) is 0.571. The van der Waals surface area contributed by atoms with Gasteiger partial charge in [-0.05, 0) is 74.5 Å². The maximum absolute atomic E-state index is 12.3. The number of benzene rings is 1. The summed E-state index contributed by atoms with van der Waals surface area (Å²) in [6.07, 6.45) is 14.3. The molecule has 2 aliphatic heterocycles. The fourth-order valence-corrected chi connectivity index (χ4v) is 5.25. The summed E-state index contributed by atoms with van der Waals surface area (Å²) in [5.74, 6) is 0.889. The lowest BCUT2D eigenvalue weighted by Gasteiger charge is -2.46. The number of aliphatic hydroxyl groups is 1. The van der Waals surface area contributed by atoms with E-state index in [2.05, 4.69) is 99.3 Å². The predicted octanol–water partition coefficient (Wildman–Crippen LogP) is 5.60. The van der Waals surface area contributed by atoms with E-state index < -0.39 is 5.60 Å². The van der Waals surface area contributed by atoms with Crippen LogP contribution in [0.2, 0.25) is 0 Å². The molecule has 0 spiro atoms. The van der Waals surface area contributed by atoms with Crippen molar-refractivity contribution in [2.75, 3.05) is 26.7 Å². The summed E-state index contributed by atoms with van der Waals surface area (Å²) in [5, 5.41) is 12.3. The summed E-state index contributed by atoms with van der Waals surface area (Å²) in [4.78, 5) is 4.80. The quantitative estimate of drug-likeness (QED) is 0.553. The molecule has 3 atom stereocenters. The largest absolute Gasteiger partial charge is 0.384 e. The van der Waals surface area contributed by atoms with Crippen molar-refractivity contribution >= 4 is 0 Å². The normalized spacial score (nSPS) is 22.5. The second-order valence-electron chi connectivity index (χ2n) is 9.78. The predicted molar refractivity (Wildman–Crippen MR) is 132 cm³/mol. The first-order valence-electron chi connectivity index (χ1n) is 12.1. The van der Waals surface area contributed by atoms with Gasteiger partial charge >= 0.3 is 0 Å². The van der Waals surface area contributed by atoms with E-state index in [0.29, 0.717) is 12.0 Å². The lowest BCUT2D eigenvalue weighted by Crippen LogP contribution is -2.49. The topological polar surface area (TPSA) is 26.7 Å². The summed E-state index contributed by atoms with van der Waals surface area (Å²) in [6, 6.07) is 10.8. The van der Waals surface area contributed by atoms with E-state index in [-0.39, 0.29) is 11.8 Å². The lowest BCUT2D eigenvalue weighted by molar-refractivity contribution is -0.0837. The Kier molecular flexibility index (Phi) is 8.18. The lowest BCUT2D eigenvalue weighted by atomic mass is 9.67. The molecule has 1 saturated heterocycles. The fourth-order valence-electron chi connectivity index (χ4n) is 5.25. The van der Waals surface area contributed by atoms with Crippen LogP contribution in [-0.4, -0.2) is 47.6 Å². The van der Waals surface area contributed by atoms with Gasteiger partial charge in [-0.2, -0.15) is 0 Å². The van der Waals surface area contributed by atoms with E-state index in [4.69, 9.17) is 0 Å². The Bertz CT molecular complexity index is 773. The molecule has 0 bridgehead atoms. The molecule has 3 rings (SSSR count). The standard InChI is InChI=1S/C28H42N2O/c1-6-25(13-12-22(2)3)28(31,26-10-8-7-9-11-26)27-16-20-30(21-17-27)23(4)24-14-18-29(5)19-15-24/h7-15,18,22-23,25,27,31H,6,16-17,19-21H2,1-5H3/b13-12-. The highest BCUT2D eigenvalue weighted by Gasteiger charge is 2.44. The summed E-state index contributed by atoms with van der Waals surface area (Å²) in [7, 11) is 2.11. The highest BCUT2D eigenvalue weighted by Crippen LogP contribution is 2.44. The van der Waals surface area contributed by atoms with Crippen LogP contribution < -0.4 is 0 Å². The highest BCUT2D eigenvalue weighted by molar-refractivity contribution is 5.29. The van der Waals surface area contributed by atoms with Crippen molar-refractivity contribution in [1.29, 1.82) is 0 Å². The number of nitrogens with zero attached hydrogens (tertiary/aromatic N) is 2. The van der Waals surface area contributed by atoms with Crippen molar-refractivity contribution < 1.29 is 5.11 Å². The highest BCUT2D eigenvalue weighted by atomic mass is 16.3. The Labute approximate surface area is 190 Å². The number of likely N-dealkylation sites (tertiary alicyclic amines) is 1. The van der Waals surface area contributed by atoms with Gasteiger partial charge in [0.15, 0.2) is 0 Å². The molecule has 2 aliphatic rings. The van der Waals surface area contributed by atoms with Gasteiger partial charge in [-0.25, -0.2) is 0 Å². The maximum atomic E-state index is 12.3. The number of allylic oxidation sites excluding steroid dienone is 1. The second-order valence-corrected chi connectivity index (χ2v) is 9.78. The molecule has 0 saturated carbocycles. The summed E-state index contributed by atoms with van der Waals surface area (Å²) < 4.78 is 0. The average Bonchev–Trinajstić information content (AvgIpc) is 2.79. The van der Waals surface area contributed by atoms with Gasteiger partial charge in [-0.3, -0.25) is 4.90 Å². The van der Waals surface area contributed by atoms with Gasteiger partial charge in [-0.1, -0.05) is 69.3 Å². The molecule has 0 aliphatic carbocycles. The smallest absolute Gasteiger partial charge is 0.0987 e. The Hall–Kier alpha value is -1.84. The molecule has 3 unspecified atom stereocenters. The molecule has 3 heteroatoms. The van der Waals surface area contributed by atoms with E-state index in [1.54, 1.807) is 0 Å². The first kappa shape index (κ1) is 23.8. The summed E-state index contributed by atoms with van der Waals surface area (Å²) in [6.45, 7) is 12.0. The minimum absolute atomic E-state index is 0.130. The third-order valence-corrected chi connectivity index (χ3v) is 7.29. The van der Waals surface area contributed by atoms with Gasteiger partial charge in [-0.15, -0.1) is 0 Å². The van der Waals surface area contributed by atoms with Crippen LogP contribution in [0.3, 0.4) is 0 Å². The van der Waals surface area contributed by atoms with Crippen molar-refractivity contribution in [1.82, 2.24) is 9.80 Å². The Morgan fingerprint density at radius 3 is 2.32 bits per heavy atom. The average molecular weight is 423 g/mol. The first-order chi connectivity index (χ1) is 14.9. The van der Waals surface area contributed by atoms with Crippen LogP contribution in [0.5, 0.6) is 0 Å². The number of likely N-dealkylation sites (N-methyl/N-ethyl adjacent to an activating group) is 1. The van der Waals surface area contributed by atoms with Gasteiger partial charge in [0.05, 0.1) is 5.60 Å². The van der Waals surface area contributed by atoms with Crippen molar-refractivity contribution in [3.05, 3.63) is 72.0 Å². The van der Waals surface area contributed by atoms with E-state index >= 15 is 0 Å². The Morgan fingerprint density at radius 1 is 1.10 bits per heavy atom. The third kappa shape index (κ3) is 5.51. The van der Waals surface area contributed by atoms with Gasteiger partial charge in [0.2, 0.25) is 0 Å². The minimum atomic E-state index is -0.816. The molecule has 170 valence electrons. The molecule has 0 aromatic heterocycles. The van der Waals surface area contributed by atoms with Crippen LogP contribution in [0.1, 0.15) is 52.5 Å². The molecule has 1 fully saturated rings.